The molecular weight excluding hydrogens is 461 g/mol. The molecule has 0 unspecified atom stereocenters. The Balaban J connectivity index is 1.70. The lowest BCUT2D eigenvalue weighted by atomic mass is 10.0. The van der Waals surface area contributed by atoms with E-state index in [0.29, 0.717) is 39.4 Å². The molecule has 0 saturated heterocycles. The normalized spacial score (nSPS) is 11.6. The Morgan fingerprint density at radius 2 is 1.94 bits per heavy atom. The smallest absolute Gasteiger partial charge is 0.368 e. The first kappa shape index (κ1) is 22.0. The van der Waals surface area contributed by atoms with Gasteiger partial charge in [-0.1, -0.05) is 12.1 Å². The Morgan fingerprint density at radius 3 is 2.63 bits per heavy atom. The number of hydrogen-bond donors (Lipinski definition) is 1. The minimum absolute atomic E-state index is 0.00193. The van der Waals surface area contributed by atoms with Crippen LogP contribution in [0.15, 0.2) is 48.9 Å². The van der Waals surface area contributed by atoms with Crippen molar-refractivity contribution < 1.29 is 13.2 Å². The fourth-order valence-corrected chi connectivity index (χ4v) is 3.63. The third-order valence-electron chi connectivity index (χ3n) is 5.22. The predicted molar refractivity (Wildman–Crippen MR) is 117 cm³/mol. The molecule has 0 aliphatic rings. The predicted octanol–water partition coefficient (Wildman–Crippen LogP) is 3.27. The van der Waals surface area contributed by atoms with E-state index in [2.05, 4.69) is 36.2 Å². The van der Waals surface area contributed by atoms with Gasteiger partial charge in [-0.25, -0.2) is 19.9 Å². The molecule has 0 saturated carbocycles. The second-order valence-corrected chi connectivity index (χ2v) is 7.57. The molecule has 1 aromatic carbocycles. The number of anilines is 1. The molecule has 13 heteroatoms. The van der Waals surface area contributed by atoms with E-state index in [-0.39, 0.29) is 18.3 Å². The van der Waals surface area contributed by atoms with Gasteiger partial charge in [0.1, 0.15) is 12.9 Å². The summed E-state index contributed by atoms with van der Waals surface area (Å²) < 4.78 is 41.7. The number of alkyl halides is 3. The fraction of sp³-hybridized carbons (Fsp3) is 0.136. The molecule has 35 heavy (non-hydrogen) atoms. The summed E-state index contributed by atoms with van der Waals surface area (Å²) in [4.78, 5) is 17.3. The van der Waals surface area contributed by atoms with Crippen molar-refractivity contribution in [2.45, 2.75) is 19.6 Å². The molecule has 0 fully saturated rings. The van der Waals surface area contributed by atoms with Crippen LogP contribution < -0.4 is 5.73 Å². The van der Waals surface area contributed by atoms with Crippen molar-refractivity contribution in [3.8, 4) is 28.6 Å². The van der Waals surface area contributed by atoms with Crippen molar-refractivity contribution in [1.29, 1.82) is 5.26 Å². The number of hydrogen-bond acceptors (Lipinski definition) is 8. The van der Waals surface area contributed by atoms with Gasteiger partial charge in [-0.05, 0) is 31.2 Å². The molecule has 2 N–H and O–H groups in total. The molecule has 0 aliphatic heterocycles. The van der Waals surface area contributed by atoms with Crippen LogP contribution in [-0.4, -0.2) is 39.3 Å². The highest BCUT2D eigenvalue weighted by Crippen LogP contribution is 2.34. The number of benzene rings is 1. The van der Waals surface area contributed by atoms with Crippen LogP contribution in [0.25, 0.3) is 28.2 Å². The van der Waals surface area contributed by atoms with Gasteiger partial charge in [-0.2, -0.15) is 28.0 Å². The Bertz CT molecular complexity index is 1600. The number of nitrogen functional groups attached to an aromatic ring is 1. The van der Waals surface area contributed by atoms with E-state index in [0.717, 1.165) is 6.07 Å². The van der Waals surface area contributed by atoms with E-state index in [1.165, 1.54) is 22.4 Å². The van der Waals surface area contributed by atoms with Crippen molar-refractivity contribution in [1.82, 2.24) is 39.3 Å². The van der Waals surface area contributed by atoms with Crippen molar-refractivity contribution in [2.75, 3.05) is 5.73 Å². The summed E-state index contributed by atoms with van der Waals surface area (Å²) in [6.07, 6.45) is -1.65. The van der Waals surface area contributed by atoms with Crippen LogP contribution in [0.5, 0.6) is 0 Å². The highest BCUT2D eigenvalue weighted by molar-refractivity contribution is 5.89. The fourth-order valence-electron chi connectivity index (χ4n) is 3.63. The minimum atomic E-state index is -4.57. The maximum atomic E-state index is 13.1. The van der Waals surface area contributed by atoms with Crippen LogP contribution in [0.2, 0.25) is 0 Å². The molecule has 10 nitrogen and oxygen atoms in total. The zero-order valence-corrected chi connectivity index (χ0v) is 18.1. The van der Waals surface area contributed by atoms with Crippen molar-refractivity contribution in [2.24, 2.45) is 0 Å². The number of nitriles is 1. The minimum Gasteiger partial charge on any atom is -0.368 e. The van der Waals surface area contributed by atoms with Crippen molar-refractivity contribution in [3.05, 3.63) is 71.7 Å². The molecule has 4 aromatic heterocycles. The number of fused-ring (bicyclic) bond motifs is 1. The number of nitrogens with zero attached hydrogens (tertiary/aromatic N) is 9. The monoisotopic (exact) mass is 476 g/mol. The molecule has 4 heterocycles. The number of halogens is 3. The second kappa shape index (κ2) is 8.17. The van der Waals surface area contributed by atoms with Crippen LogP contribution in [-0.2, 0) is 12.7 Å². The van der Waals surface area contributed by atoms with Gasteiger partial charge in [-0.3, -0.25) is 4.68 Å². The van der Waals surface area contributed by atoms with E-state index >= 15 is 0 Å². The van der Waals surface area contributed by atoms with E-state index in [1.807, 2.05) is 0 Å². The van der Waals surface area contributed by atoms with Crippen LogP contribution in [0.3, 0.4) is 0 Å². The maximum Gasteiger partial charge on any atom is 0.435 e. The van der Waals surface area contributed by atoms with Gasteiger partial charge in [0.05, 0.1) is 28.6 Å². The molecule has 0 spiro atoms. The van der Waals surface area contributed by atoms with Gasteiger partial charge in [0, 0.05) is 17.5 Å². The van der Waals surface area contributed by atoms with Gasteiger partial charge in [0.15, 0.2) is 17.2 Å². The number of rotatable bonds is 4. The zero-order chi connectivity index (χ0) is 24.7. The van der Waals surface area contributed by atoms with Crippen molar-refractivity contribution >= 4 is 11.6 Å². The summed E-state index contributed by atoms with van der Waals surface area (Å²) in [5.41, 5.74) is 8.18. The molecule has 5 rings (SSSR count). The first-order valence-corrected chi connectivity index (χ1v) is 10.2. The van der Waals surface area contributed by atoms with E-state index in [4.69, 9.17) is 5.73 Å². The molecule has 0 bridgehead atoms. The van der Waals surface area contributed by atoms with Gasteiger partial charge in [-0.15, -0.1) is 5.10 Å². The maximum absolute atomic E-state index is 13.1. The van der Waals surface area contributed by atoms with E-state index in [9.17, 15) is 18.4 Å². The van der Waals surface area contributed by atoms with Gasteiger partial charge >= 0.3 is 6.18 Å². The summed E-state index contributed by atoms with van der Waals surface area (Å²) >= 11 is 0. The summed E-state index contributed by atoms with van der Waals surface area (Å²) in [6.45, 7) is 1.39. The number of nitrogens with two attached hydrogens (primary N) is 1. The van der Waals surface area contributed by atoms with Gasteiger partial charge in [0.2, 0.25) is 5.95 Å². The lowest BCUT2D eigenvalue weighted by Gasteiger charge is -2.11. The quantitative estimate of drug-likeness (QED) is 0.417. The zero-order valence-electron chi connectivity index (χ0n) is 18.1. The van der Waals surface area contributed by atoms with Crippen LogP contribution in [0.4, 0.5) is 19.1 Å². The SMILES string of the molecule is Cc1cc(C(F)(F)F)nn1Cc1nc2c(-c3ccncn3)c(-c3cccc(C#N)c3)nc(N)n2n1. The summed E-state index contributed by atoms with van der Waals surface area (Å²) in [5, 5.41) is 17.3. The van der Waals surface area contributed by atoms with E-state index in [1.54, 1.807) is 36.5 Å². The second-order valence-electron chi connectivity index (χ2n) is 7.57. The summed E-state index contributed by atoms with van der Waals surface area (Å²) in [5.74, 6) is 0.179. The lowest BCUT2D eigenvalue weighted by molar-refractivity contribution is -0.141. The standard InChI is InChI=1S/C22H15F3N10/c1-12-7-16(22(23,24)25)32-34(12)10-17-30-20-18(15-5-6-28-11-29-15)19(31-21(27)35(20)33-17)14-4-2-3-13(8-14)9-26/h2-8,11H,10H2,1H3,(H2,27,31). The first-order chi connectivity index (χ1) is 16.7. The Kier molecular flexibility index (Phi) is 5.13. The van der Waals surface area contributed by atoms with Crippen LogP contribution >= 0.6 is 0 Å². The Labute approximate surface area is 195 Å². The average Bonchev–Trinajstić information content (AvgIpc) is 3.43. The molecule has 0 aliphatic carbocycles. The molecule has 5 aromatic rings. The number of aromatic nitrogens is 8. The molecule has 174 valence electrons. The number of aryl methyl sites for hydroxylation is 1. The van der Waals surface area contributed by atoms with E-state index < -0.39 is 11.9 Å². The van der Waals surface area contributed by atoms with Crippen LogP contribution in [0, 0.1) is 18.3 Å². The Morgan fingerprint density at radius 1 is 1.11 bits per heavy atom. The van der Waals surface area contributed by atoms with Crippen molar-refractivity contribution in [3.63, 3.8) is 0 Å². The van der Waals surface area contributed by atoms with Gasteiger partial charge < -0.3 is 5.73 Å². The summed E-state index contributed by atoms with van der Waals surface area (Å²) in [7, 11) is 0. The topological polar surface area (TPSA) is 136 Å². The third kappa shape index (κ3) is 4.01. The molecule has 0 radical (unpaired) electrons. The first-order valence-electron chi connectivity index (χ1n) is 10.2. The average molecular weight is 476 g/mol. The highest BCUT2D eigenvalue weighted by atomic mass is 19.4. The van der Waals surface area contributed by atoms with Gasteiger partial charge in [0.25, 0.3) is 0 Å². The third-order valence-corrected chi connectivity index (χ3v) is 5.22. The molecule has 0 amide bonds. The highest BCUT2D eigenvalue weighted by Gasteiger charge is 2.34. The molecule has 0 atom stereocenters. The summed E-state index contributed by atoms with van der Waals surface area (Å²) in [6, 6.07) is 11.5. The Hall–Kier alpha value is -4.86. The molecular formula is C22H15F3N10. The largest absolute Gasteiger partial charge is 0.435 e. The lowest BCUT2D eigenvalue weighted by Crippen LogP contribution is -2.10. The van der Waals surface area contributed by atoms with Crippen LogP contribution in [0.1, 0.15) is 22.8 Å².